The Kier molecular flexibility index (Phi) is 40.9. The number of hydrogen-bond acceptors (Lipinski definition) is 21. The van der Waals surface area contributed by atoms with E-state index in [1.165, 1.54) is 44.2 Å². The van der Waals surface area contributed by atoms with Gasteiger partial charge in [0.15, 0.2) is 24.2 Å². The number of carbonyl (C=O) groups excluding carboxylic acids is 12. The molecule has 42 heteroatoms. The fourth-order valence-electron chi connectivity index (χ4n) is 10.5. The molecule has 24 N–H and O–H groups in total. The van der Waals surface area contributed by atoms with Crippen molar-refractivity contribution in [2.45, 2.75) is 230 Å². The zero-order valence-corrected chi connectivity index (χ0v) is 60.6. The number of alkyl halides is 6. The molecule has 11 amide bonds. The largest absolute Gasteiger partial charge is 0.490 e. The molecule has 36 nitrogen and oxygen atoms in total. The highest BCUT2D eigenvalue weighted by Crippen LogP contribution is 2.28. The van der Waals surface area contributed by atoms with E-state index in [0.717, 1.165) is 39.0 Å². The molecule has 0 radical (unpaired) electrons. The van der Waals surface area contributed by atoms with Crippen LogP contribution < -0.4 is 76.1 Å². The first-order valence-corrected chi connectivity index (χ1v) is 34.3. The van der Waals surface area contributed by atoms with Crippen molar-refractivity contribution in [2.24, 2.45) is 57.5 Å². The van der Waals surface area contributed by atoms with Gasteiger partial charge in [-0.05, 0) is 67.8 Å². The number of aliphatic hydroxyl groups is 4. The van der Waals surface area contributed by atoms with Gasteiger partial charge in [0.1, 0.15) is 48.3 Å². The van der Waals surface area contributed by atoms with Crippen molar-refractivity contribution in [2.75, 3.05) is 19.7 Å². The first-order valence-electron chi connectivity index (χ1n) is 34.3. The molecular weight excluding hydrogens is 1440 g/mol. The highest BCUT2D eigenvalue weighted by atomic mass is 19.4. The molecule has 606 valence electrons. The molecule has 107 heavy (non-hydrogen) atoms. The number of cyclic esters (lactones) is 1. The van der Waals surface area contributed by atoms with E-state index < -0.39 is 211 Å². The summed E-state index contributed by atoms with van der Waals surface area (Å²) in [7, 11) is 0. The molecular formula is C65H103F6N15O21. The number of halogens is 6. The van der Waals surface area contributed by atoms with Crippen LogP contribution in [0.25, 0.3) is 0 Å². The van der Waals surface area contributed by atoms with Gasteiger partial charge in [0.25, 0.3) is 0 Å². The molecule has 1 aliphatic heterocycles. The maximum atomic E-state index is 15.5. The van der Waals surface area contributed by atoms with Crippen molar-refractivity contribution in [1.82, 2.24) is 53.2 Å². The number of nitrogens with two attached hydrogens (primary N) is 4. The Morgan fingerprint density at radius 2 is 1.13 bits per heavy atom. The minimum atomic E-state index is -5.08. The highest BCUT2D eigenvalue weighted by Gasteiger charge is 2.45. The number of carboxylic acids is 2. The Bertz CT molecular complexity index is 3160. The number of benzene rings is 1. The van der Waals surface area contributed by atoms with Crippen LogP contribution in [0.3, 0.4) is 0 Å². The fraction of sp³-hybridized carbons (Fsp3) is 0.677. The number of nitrogens with zero attached hydrogens (tertiary/aromatic N) is 1. The number of nitrogens with one attached hydrogen (secondary N) is 10. The Morgan fingerprint density at radius 1 is 0.626 bits per heavy atom. The Hall–Kier alpha value is -9.55. The molecule has 1 aliphatic carbocycles. The molecule has 0 spiro atoms. The zero-order valence-electron chi connectivity index (χ0n) is 60.6. The van der Waals surface area contributed by atoms with Crippen molar-refractivity contribution in [3.63, 3.8) is 0 Å². The monoisotopic (exact) mass is 1540 g/mol. The van der Waals surface area contributed by atoms with Crippen molar-refractivity contribution >= 4 is 88.8 Å². The lowest BCUT2D eigenvalue weighted by Gasteiger charge is -2.34. The molecule has 3 rings (SSSR count). The maximum absolute atomic E-state index is 15.5. The lowest BCUT2D eigenvalue weighted by Crippen LogP contribution is -2.64. The maximum Gasteiger partial charge on any atom is 0.490 e. The van der Waals surface area contributed by atoms with Gasteiger partial charge in [0.2, 0.25) is 65.0 Å². The number of rotatable bonds is 23. The van der Waals surface area contributed by atoms with E-state index >= 15 is 4.79 Å². The summed E-state index contributed by atoms with van der Waals surface area (Å²) in [5.74, 6) is -22.7. The molecule has 1 aromatic carbocycles. The number of ether oxygens (including phenoxy) is 1. The van der Waals surface area contributed by atoms with E-state index in [9.17, 15) is 99.5 Å². The van der Waals surface area contributed by atoms with Gasteiger partial charge in [-0.15, -0.1) is 0 Å². The van der Waals surface area contributed by atoms with Crippen LogP contribution in [0.2, 0.25) is 0 Å². The van der Waals surface area contributed by atoms with Crippen LogP contribution in [0.5, 0.6) is 0 Å². The van der Waals surface area contributed by atoms with Crippen molar-refractivity contribution < 1.29 is 129 Å². The fourth-order valence-corrected chi connectivity index (χ4v) is 10.5. The van der Waals surface area contributed by atoms with E-state index in [-0.39, 0.29) is 62.0 Å². The summed E-state index contributed by atoms with van der Waals surface area (Å²) in [6.45, 7) is 11.7. The smallest absolute Gasteiger partial charge is 0.475 e. The van der Waals surface area contributed by atoms with Crippen LogP contribution in [-0.2, 0) is 71.9 Å². The van der Waals surface area contributed by atoms with Crippen LogP contribution in [0, 0.1) is 29.6 Å². The lowest BCUT2D eigenvalue weighted by molar-refractivity contribution is -0.193. The molecule has 2 fully saturated rings. The first kappa shape index (κ1) is 95.5. The van der Waals surface area contributed by atoms with E-state index in [1.807, 2.05) is 10.6 Å². The van der Waals surface area contributed by atoms with Gasteiger partial charge in [0, 0.05) is 6.54 Å². The third kappa shape index (κ3) is 33.4. The predicted molar refractivity (Wildman–Crippen MR) is 365 cm³/mol. The van der Waals surface area contributed by atoms with Gasteiger partial charge < -0.3 is 111 Å². The van der Waals surface area contributed by atoms with E-state index in [2.05, 4.69) is 47.5 Å². The molecule has 1 heterocycles. The van der Waals surface area contributed by atoms with Crippen LogP contribution >= 0.6 is 0 Å². The summed E-state index contributed by atoms with van der Waals surface area (Å²) in [6, 6.07) is -10.6. The molecule has 1 saturated heterocycles. The minimum Gasteiger partial charge on any atom is -0.475 e. The summed E-state index contributed by atoms with van der Waals surface area (Å²) in [5.41, 5.74) is 22.9. The summed E-state index contributed by atoms with van der Waals surface area (Å²) in [5, 5.41) is 82.7. The van der Waals surface area contributed by atoms with Gasteiger partial charge in [-0.25, -0.2) is 14.4 Å². The third-order valence-corrected chi connectivity index (χ3v) is 17.0. The average Bonchev–Trinajstić information content (AvgIpc) is 0.812. The van der Waals surface area contributed by atoms with Crippen molar-refractivity contribution in [1.29, 1.82) is 0 Å². The lowest BCUT2D eigenvalue weighted by atomic mass is 9.84. The molecule has 0 aromatic heterocycles. The van der Waals surface area contributed by atoms with Gasteiger partial charge in [-0.2, -0.15) is 26.3 Å². The number of aliphatic imine (C=N–C) groups is 1. The van der Waals surface area contributed by atoms with Gasteiger partial charge in [0.05, 0.1) is 31.4 Å². The molecule has 2 aliphatic rings. The van der Waals surface area contributed by atoms with Crippen LogP contribution in [-0.4, -0.2) is 230 Å². The number of primary amides is 1. The summed E-state index contributed by atoms with van der Waals surface area (Å²) >= 11 is 0. The second-order valence-electron chi connectivity index (χ2n) is 26.5. The molecule has 0 bridgehead atoms. The van der Waals surface area contributed by atoms with Gasteiger partial charge >= 0.3 is 30.3 Å². The quantitative estimate of drug-likeness (QED) is 0.0168. The first-order chi connectivity index (χ1) is 49.6. The van der Waals surface area contributed by atoms with Gasteiger partial charge in [-0.1, -0.05) is 131 Å². The standard InChI is InChI=1S/C61H101N15O17.2C2HF3O2/c1-10-31(7)41(72-51(83)36(62)26-34-19-14-12-15-20-34)56(88)76-46-49(35-21-16-13-17-22-35)93-60(92)39(28-77)70-58(90)45(48(81)50(63)82)71-40(79)27-67-54(86)43(33(9)78)74-55(87)42(32(8)11-2)73-52(84)37(23-18-24-66-61(64)65)68-53(85)38(25-29(3)4)69-57(89)44(75-59(46)91)47(80)30(5)6;2*3-2(4,5)1(6)7/h13,16-17,21-22,29-34,36-39,41-49,77-78,80-81H,10-12,14-15,18-20,23-28,62H2,1-9H3,(H2,63,82)(H,67,86)(H,68,85)(H,69,89)(H,70,90)(H,71,79)(H,72,83)(H,73,84)(H,74,87)(H,75,91)(H,76,88)(H4,64,65,66);2*(H,6,7)/t31-,32-,33-,36-,37+,38-,39-,41-,42-,43-,44-,45?,46-,47+,48-,49+;;/m0../s1. The number of esters is 1. The normalized spacial score (nSPS) is 23.8. The Morgan fingerprint density at radius 3 is 1.62 bits per heavy atom. The van der Waals surface area contributed by atoms with Crippen molar-refractivity contribution in [3.8, 4) is 0 Å². The number of carbonyl (C=O) groups is 14. The van der Waals surface area contributed by atoms with Crippen LogP contribution in [0.1, 0.15) is 145 Å². The zero-order chi connectivity index (χ0) is 82.1. The number of amides is 11. The summed E-state index contributed by atoms with van der Waals surface area (Å²) in [6.07, 6.45) is -13.1. The van der Waals surface area contributed by atoms with Crippen LogP contribution in [0.4, 0.5) is 26.3 Å². The van der Waals surface area contributed by atoms with Crippen molar-refractivity contribution in [3.05, 3.63) is 35.9 Å². The van der Waals surface area contributed by atoms with Gasteiger partial charge in [-0.3, -0.25) is 57.7 Å². The molecule has 16 atom stereocenters. The Labute approximate surface area is 612 Å². The SMILES string of the molecule is CC[C@H](C)[C@H](NC(=O)[C@@H](N)CC1CCCCC1)C(=O)N[C@@H]1C(=O)N[C@@H]([C@H](O)C(C)C)C(=O)N[C@@H](CC(C)C)C(=O)N[C@H](CCCN=C(N)N)C(=O)N[C@@H]([C@@H](C)CC)C(=O)N[C@@H]([C@H](C)O)C(=O)NCC(=O)NC([C@H](O)C(N)=O)C(=O)N[C@@H](CO)C(=O)O[C@@H]1c1ccccc1.O=C(O)C(F)(F)F.O=C(O)C(F)(F)F. The summed E-state index contributed by atoms with van der Waals surface area (Å²) in [4.78, 5) is 193. The molecule has 1 unspecified atom stereocenters. The molecule has 1 saturated carbocycles. The average molecular weight is 1540 g/mol. The van der Waals surface area contributed by atoms with E-state index in [0.29, 0.717) is 6.42 Å². The second kappa shape index (κ2) is 45.8. The van der Waals surface area contributed by atoms with E-state index in [1.54, 1.807) is 41.5 Å². The number of guanidine groups is 1. The topological polar surface area (TPSA) is 606 Å². The number of aliphatic carboxylic acids is 2. The molecule has 1 aromatic rings. The number of hydrogen-bond donors (Lipinski definition) is 20. The Balaban J connectivity index is 0.00000369. The minimum absolute atomic E-state index is 0.0457. The number of carboxylic acid groups (broad SMARTS) is 2. The predicted octanol–water partition coefficient (Wildman–Crippen LogP) is -3.24. The second-order valence-corrected chi connectivity index (χ2v) is 26.5. The summed E-state index contributed by atoms with van der Waals surface area (Å²) < 4.78 is 69.4. The van der Waals surface area contributed by atoms with E-state index in [4.69, 9.17) is 47.5 Å². The highest BCUT2D eigenvalue weighted by molar-refractivity contribution is 6.00. The third-order valence-electron chi connectivity index (χ3n) is 17.0. The van der Waals surface area contributed by atoms with Crippen LogP contribution in [0.15, 0.2) is 35.3 Å². The number of aliphatic hydroxyl groups excluding tert-OH is 4.